The number of nitrogens with one attached hydrogen (secondary N) is 1. The molecular formula is C27H35NO3. The van der Waals surface area contributed by atoms with Crippen LogP contribution < -0.4 is 10.1 Å². The monoisotopic (exact) mass is 421 g/mol. The summed E-state index contributed by atoms with van der Waals surface area (Å²) in [6.07, 6.45) is 9.14. The van der Waals surface area contributed by atoms with Gasteiger partial charge in [-0.1, -0.05) is 25.1 Å². The van der Waals surface area contributed by atoms with Crippen molar-refractivity contribution in [3.8, 4) is 5.75 Å². The number of carbonyl (C=O) groups excluding carboxylic acids is 1. The first-order valence-electron chi connectivity index (χ1n) is 12.0. The summed E-state index contributed by atoms with van der Waals surface area (Å²) in [6.45, 7) is 6.62. The van der Waals surface area contributed by atoms with Crippen LogP contribution in [-0.2, 0) is 6.61 Å². The summed E-state index contributed by atoms with van der Waals surface area (Å²) in [7, 11) is 0. The molecule has 0 spiro atoms. The topological polar surface area (TPSA) is 51.5 Å². The Kier molecular flexibility index (Phi) is 5.35. The summed E-state index contributed by atoms with van der Waals surface area (Å²) in [5, 5.41) is 3.37. The Morgan fingerprint density at radius 3 is 2.26 bits per heavy atom. The van der Waals surface area contributed by atoms with Gasteiger partial charge in [-0.05, 0) is 105 Å². The van der Waals surface area contributed by atoms with E-state index >= 15 is 0 Å². The van der Waals surface area contributed by atoms with E-state index in [0.717, 1.165) is 41.1 Å². The van der Waals surface area contributed by atoms with Gasteiger partial charge in [0.25, 0.3) is 5.91 Å². The molecule has 1 aromatic carbocycles. The van der Waals surface area contributed by atoms with Crippen molar-refractivity contribution in [2.75, 3.05) is 0 Å². The Bertz CT molecular complexity index is 904. The SMILES string of the molecule is CCC(NC(=O)c1ccc(COc2c(C)cccc2C)o1)C12CC3CC(CC(C3)C1)C2. The van der Waals surface area contributed by atoms with Gasteiger partial charge in [0.1, 0.15) is 18.1 Å². The average molecular weight is 422 g/mol. The lowest BCUT2D eigenvalue weighted by Crippen LogP contribution is -2.56. The molecule has 4 aliphatic rings. The second-order valence-corrected chi connectivity index (χ2v) is 10.5. The lowest BCUT2D eigenvalue weighted by molar-refractivity contribution is -0.0728. The van der Waals surface area contributed by atoms with E-state index in [9.17, 15) is 4.79 Å². The summed E-state index contributed by atoms with van der Waals surface area (Å²) in [5.74, 6) is 4.52. The highest BCUT2D eigenvalue weighted by atomic mass is 16.5. The van der Waals surface area contributed by atoms with Gasteiger partial charge in [-0.15, -0.1) is 0 Å². The van der Waals surface area contributed by atoms with Gasteiger partial charge >= 0.3 is 0 Å². The number of para-hydroxylation sites is 1. The van der Waals surface area contributed by atoms with Gasteiger partial charge in [-0.3, -0.25) is 4.79 Å². The largest absolute Gasteiger partial charge is 0.485 e. The molecular weight excluding hydrogens is 386 g/mol. The van der Waals surface area contributed by atoms with Crippen LogP contribution in [-0.4, -0.2) is 11.9 Å². The van der Waals surface area contributed by atoms with Gasteiger partial charge in [-0.2, -0.15) is 0 Å². The summed E-state index contributed by atoms with van der Waals surface area (Å²) in [6, 6.07) is 9.99. The third-order valence-electron chi connectivity index (χ3n) is 8.19. The fourth-order valence-corrected chi connectivity index (χ4v) is 7.27. The molecule has 2 aromatic rings. The molecule has 1 aromatic heterocycles. The Balaban J connectivity index is 1.24. The zero-order valence-electron chi connectivity index (χ0n) is 19.1. The smallest absolute Gasteiger partial charge is 0.287 e. The maximum absolute atomic E-state index is 13.1. The number of carbonyl (C=O) groups is 1. The first-order valence-corrected chi connectivity index (χ1v) is 12.0. The first-order chi connectivity index (χ1) is 15.0. The number of furan rings is 1. The van der Waals surface area contributed by atoms with Gasteiger partial charge in [-0.25, -0.2) is 0 Å². The van der Waals surface area contributed by atoms with Crippen LogP contribution in [0.15, 0.2) is 34.7 Å². The van der Waals surface area contributed by atoms with Crippen LogP contribution in [0.3, 0.4) is 0 Å². The third-order valence-corrected chi connectivity index (χ3v) is 8.19. The molecule has 1 N–H and O–H groups in total. The average Bonchev–Trinajstić information content (AvgIpc) is 3.19. The molecule has 4 bridgehead atoms. The number of hydrogen-bond acceptors (Lipinski definition) is 3. The standard InChI is InChI=1S/C27H35NO3/c1-4-24(27-13-19-10-20(14-27)12-21(11-19)15-27)28-26(29)23-9-8-22(31-23)16-30-25-17(2)6-5-7-18(25)3/h5-9,19-21,24H,4,10-16H2,1-3H3,(H,28,29). The van der Waals surface area contributed by atoms with Crippen molar-refractivity contribution in [3.63, 3.8) is 0 Å². The maximum Gasteiger partial charge on any atom is 0.287 e. The zero-order valence-corrected chi connectivity index (χ0v) is 19.1. The van der Waals surface area contributed by atoms with Crippen LogP contribution in [0.4, 0.5) is 0 Å². The molecule has 6 rings (SSSR count). The summed E-state index contributed by atoms with van der Waals surface area (Å²) in [5.41, 5.74) is 2.51. The molecule has 31 heavy (non-hydrogen) atoms. The molecule has 0 radical (unpaired) electrons. The summed E-state index contributed by atoms with van der Waals surface area (Å²) >= 11 is 0. The Labute approximate surface area is 185 Å². The molecule has 1 amide bonds. The third kappa shape index (κ3) is 3.90. The van der Waals surface area contributed by atoms with Gasteiger partial charge < -0.3 is 14.5 Å². The van der Waals surface area contributed by atoms with Crippen LogP contribution in [0.5, 0.6) is 5.75 Å². The zero-order chi connectivity index (χ0) is 21.6. The van der Waals surface area contributed by atoms with Crippen molar-refractivity contribution in [3.05, 3.63) is 53.0 Å². The first kappa shape index (κ1) is 20.7. The molecule has 1 heterocycles. The van der Waals surface area contributed by atoms with E-state index in [-0.39, 0.29) is 11.9 Å². The van der Waals surface area contributed by atoms with Gasteiger partial charge in [0.15, 0.2) is 5.76 Å². The molecule has 4 heteroatoms. The fraction of sp³-hybridized carbons (Fsp3) is 0.593. The number of amides is 1. The molecule has 1 atom stereocenters. The van der Waals surface area contributed by atoms with E-state index in [4.69, 9.17) is 9.15 Å². The van der Waals surface area contributed by atoms with Crippen LogP contribution in [0.1, 0.15) is 79.3 Å². The van der Waals surface area contributed by atoms with E-state index in [1.165, 1.54) is 38.5 Å². The molecule has 0 saturated heterocycles. The Morgan fingerprint density at radius 1 is 1.06 bits per heavy atom. The Morgan fingerprint density at radius 2 is 1.68 bits per heavy atom. The number of aryl methyl sites for hydroxylation is 2. The lowest BCUT2D eigenvalue weighted by Gasteiger charge is -2.59. The van der Waals surface area contributed by atoms with E-state index in [1.54, 1.807) is 6.07 Å². The minimum absolute atomic E-state index is 0.0825. The van der Waals surface area contributed by atoms with Crippen molar-refractivity contribution < 1.29 is 13.9 Å². The molecule has 166 valence electrons. The molecule has 4 aliphatic carbocycles. The highest BCUT2D eigenvalue weighted by molar-refractivity contribution is 5.91. The molecule has 4 fully saturated rings. The predicted molar refractivity (Wildman–Crippen MR) is 121 cm³/mol. The minimum atomic E-state index is -0.0825. The molecule has 0 aliphatic heterocycles. The quantitative estimate of drug-likeness (QED) is 0.579. The second-order valence-electron chi connectivity index (χ2n) is 10.5. The molecule has 4 nitrogen and oxygen atoms in total. The lowest BCUT2D eigenvalue weighted by atomic mass is 9.47. The summed E-state index contributed by atoms with van der Waals surface area (Å²) in [4.78, 5) is 13.1. The summed E-state index contributed by atoms with van der Waals surface area (Å²) < 4.78 is 11.9. The van der Waals surface area contributed by atoms with Crippen molar-refractivity contribution >= 4 is 5.91 Å². The highest BCUT2D eigenvalue weighted by Crippen LogP contribution is 2.61. The van der Waals surface area contributed by atoms with Crippen LogP contribution in [0, 0.1) is 37.0 Å². The second kappa shape index (κ2) is 8.03. The van der Waals surface area contributed by atoms with Gasteiger partial charge in [0, 0.05) is 6.04 Å². The van der Waals surface area contributed by atoms with E-state index in [1.807, 2.05) is 38.1 Å². The molecule has 1 unspecified atom stereocenters. The normalized spacial score (nSPS) is 29.7. The number of ether oxygens (including phenoxy) is 1. The van der Waals surface area contributed by atoms with E-state index in [0.29, 0.717) is 23.5 Å². The van der Waals surface area contributed by atoms with E-state index in [2.05, 4.69) is 12.2 Å². The Hall–Kier alpha value is -2.23. The maximum atomic E-state index is 13.1. The van der Waals surface area contributed by atoms with Crippen molar-refractivity contribution in [1.82, 2.24) is 5.32 Å². The highest BCUT2D eigenvalue weighted by Gasteiger charge is 2.54. The molecule has 4 saturated carbocycles. The van der Waals surface area contributed by atoms with Gasteiger partial charge in [0.2, 0.25) is 0 Å². The number of rotatable bonds is 7. The predicted octanol–water partition coefficient (Wildman–Crippen LogP) is 6.20. The fourth-order valence-electron chi connectivity index (χ4n) is 7.27. The van der Waals surface area contributed by atoms with Crippen LogP contribution in [0.25, 0.3) is 0 Å². The minimum Gasteiger partial charge on any atom is -0.485 e. The van der Waals surface area contributed by atoms with Crippen LogP contribution in [0.2, 0.25) is 0 Å². The van der Waals surface area contributed by atoms with Crippen molar-refractivity contribution in [2.24, 2.45) is 23.2 Å². The van der Waals surface area contributed by atoms with Crippen LogP contribution >= 0.6 is 0 Å². The van der Waals surface area contributed by atoms with E-state index < -0.39 is 0 Å². The van der Waals surface area contributed by atoms with Crippen molar-refractivity contribution in [1.29, 1.82) is 0 Å². The van der Waals surface area contributed by atoms with Gasteiger partial charge in [0.05, 0.1) is 0 Å². The number of hydrogen-bond donors (Lipinski definition) is 1. The van der Waals surface area contributed by atoms with Crippen molar-refractivity contribution in [2.45, 2.75) is 78.4 Å². The number of benzene rings is 1.